The molecular formula is C27H34N6O6. The molecule has 3 atom stereocenters. The molecule has 5 amide bonds. The molecular weight excluding hydrogens is 504 g/mol. The van der Waals surface area contributed by atoms with Crippen LogP contribution in [0.3, 0.4) is 0 Å². The molecule has 0 aliphatic carbocycles. The third-order valence-corrected chi connectivity index (χ3v) is 6.25. The highest BCUT2D eigenvalue weighted by atomic mass is 16.3. The molecule has 12 heteroatoms. The number of nitrogens with two attached hydrogens (primary N) is 1. The highest BCUT2D eigenvalue weighted by Gasteiger charge is 2.29. The van der Waals surface area contributed by atoms with E-state index in [1.807, 2.05) is 30.3 Å². The van der Waals surface area contributed by atoms with Crippen LogP contribution in [0.4, 0.5) is 0 Å². The zero-order valence-corrected chi connectivity index (χ0v) is 21.7. The largest absolute Gasteiger partial charge is 0.508 e. The van der Waals surface area contributed by atoms with Gasteiger partial charge in [-0.3, -0.25) is 24.0 Å². The van der Waals surface area contributed by atoms with Gasteiger partial charge in [0.2, 0.25) is 29.5 Å². The first-order valence-electron chi connectivity index (χ1n) is 12.6. The van der Waals surface area contributed by atoms with Crippen LogP contribution in [0.5, 0.6) is 5.75 Å². The summed E-state index contributed by atoms with van der Waals surface area (Å²) in [5.41, 5.74) is 7.60. The van der Waals surface area contributed by atoms with Crippen LogP contribution in [0.2, 0.25) is 0 Å². The third-order valence-electron chi connectivity index (χ3n) is 6.25. The SMILES string of the molecule is CC(=O)N1CCNC(=O)[C@H](Cc2ccccc2)NC(=O)CNC(=O)[C@@H](NC(=O)[C@@H](N)Cc2ccc(O)cc2)C1. The van der Waals surface area contributed by atoms with Crippen LogP contribution in [0.15, 0.2) is 54.6 Å². The molecule has 1 saturated heterocycles. The first-order valence-corrected chi connectivity index (χ1v) is 12.6. The minimum atomic E-state index is -1.20. The Bertz CT molecular complexity index is 1170. The van der Waals surface area contributed by atoms with Crippen molar-refractivity contribution < 1.29 is 29.1 Å². The molecule has 0 bridgehead atoms. The number of benzene rings is 2. The van der Waals surface area contributed by atoms with Gasteiger partial charge in [-0.05, 0) is 29.7 Å². The van der Waals surface area contributed by atoms with Gasteiger partial charge in [-0.1, -0.05) is 42.5 Å². The first-order chi connectivity index (χ1) is 18.6. The van der Waals surface area contributed by atoms with Crippen molar-refractivity contribution >= 4 is 29.5 Å². The van der Waals surface area contributed by atoms with Gasteiger partial charge in [0, 0.05) is 33.0 Å². The summed E-state index contributed by atoms with van der Waals surface area (Å²) in [6.07, 6.45) is 0.383. The quantitative estimate of drug-likeness (QED) is 0.260. The molecule has 3 rings (SSSR count). The van der Waals surface area contributed by atoms with Crippen molar-refractivity contribution in [3.8, 4) is 5.75 Å². The normalized spacial score (nSPS) is 19.7. The maximum absolute atomic E-state index is 13.0. The van der Waals surface area contributed by atoms with Crippen molar-refractivity contribution in [2.75, 3.05) is 26.2 Å². The second-order valence-corrected chi connectivity index (χ2v) is 9.32. The number of hydrogen-bond acceptors (Lipinski definition) is 7. The van der Waals surface area contributed by atoms with Gasteiger partial charge < -0.3 is 37.0 Å². The van der Waals surface area contributed by atoms with Gasteiger partial charge in [0.15, 0.2) is 0 Å². The predicted molar refractivity (Wildman–Crippen MR) is 142 cm³/mol. The van der Waals surface area contributed by atoms with E-state index in [0.717, 1.165) is 5.56 Å². The van der Waals surface area contributed by atoms with Crippen LogP contribution in [-0.4, -0.2) is 83.8 Å². The van der Waals surface area contributed by atoms with Crippen LogP contribution in [0, 0.1) is 0 Å². The van der Waals surface area contributed by atoms with Gasteiger partial charge in [0.25, 0.3) is 0 Å². The topological polar surface area (TPSA) is 183 Å². The zero-order valence-electron chi connectivity index (χ0n) is 21.7. The van der Waals surface area contributed by atoms with Crippen molar-refractivity contribution in [1.29, 1.82) is 0 Å². The van der Waals surface area contributed by atoms with E-state index >= 15 is 0 Å². The number of phenols is 1. The van der Waals surface area contributed by atoms with Crippen LogP contribution >= 0.6 is 0 Å². The van der Waals surface area contributed by atoms with Crippen molar-refractivity contribution in [3.63, 3.8) is 0 Å². The average molecular weight is 539 g/mol. The fourth-order valence-corrected chi connectivity index (χ4v) is 4.08. The molecule has 208 valence electrons. The minimum Gasteiger partial charge on any atom is -0.508 e. The highest BCUT2D eigenvalue weighted by molar-refractivity contribution is 5.94. The Labute approximate surface area is 226 Å². The molecule has 0 spiro atoms. The van der Waals surface area contributed by atoms with Crippen molar-refractivity contribution in [2.24, 2.45) is 5.73 Å². The Morgan fingerprint density at radius 1 is 1.03 bits per heavy atom. The average Bonchev–Trinajstić information content (AvgIpc) is 2.91. The molecule has 0 aromatic heterocycles. The Balaban J connectivity index is 1.72. The number of carbonyl (C=O) groups is 5. The molecule has 0 radical (unpaired) electrons. The summed E-state index contributed by atoms with van der Waals surface area (Å²) in [4.78, 5) is 65.0. The standard InChI is InChI=1S/C27H34N6O6/c1-17(34)33-12-11-29-26(38)22(14-18-5-3-2-4-6-18)31-24(36)15-30-27(39)23(16-33)32-25(37)21(28)13-19-7-9-20(35)10-8-19/h2-10,21-23,35H,11-16,28H2,1H3,(H,29,38)(H,30,39)(H,31,36)(H,32,37)/t21-,22-,23-/m0/s1. The number of rotatable bonds is 6. The first kappa shape index (κ1) is 29.1. The summed E-state index contributed by atoms with van der Waals surface area (Å²) in [5, 5.41) is 19.9. The maximum Gasteiger partial charge on any atom is 0.244 e. The Kier molecular flexibility index (Phi) is 10.4. The number of carbonyl (C=O) groups excluding carboxylic acids is 5. The Morgan fingerprint density at radius 3 is 2.38 bits per heavy atom. The fraction of sp³-hybridized carbons (Fsp3) is 0.370. The summed E-state index contributed by atoms with van der Waals surface area (Å²) in [6, 6.07) is 12.3. The third kappa shape index (κ3) is 9.11. The number of hydrogen-bond donors (Lipinski definition) is 6. The molecule has 39 heavy (non-hydrogen) atoms. The summed E-state index contributed by atoms with van der Waals surface area (Å²) in [5.74, 6) is -2.61. The van der Waals surface area contributed by atoms with E-state index in [-0.39, 0.29) is 44.1 Å². The van der Waals surface area contributed by atoms with Gasteiger partial charge in [-0.25, -0.2) is 0 Å². The van der Waals surface area contributed by atoms with E-state index in [4.69, 9.17) is 5.73 Å². The lowest BCUT2D eigenvalue weighted by atomic mass is 10.1. The molecule has 7 N–H and O–H groups in total. The lowest BCUT2D eigenvalue weighted by Crippen LogP contribution is -2.57. The lowest BCUT2D eigenvalue weighted by molar-refractivity contribution is -0.134. The molecule has 0 unspecified atom stereocenters. The van der Waals surface area contributed by atoms with E-state index < -0.39 is 48.3 Å². The van der Waals surface area contributed by atoms with Crippen LogP contribution in [0.25, 0.3) is 0 Å². The predicted octanol–water partition coefficient (Wildman–Crippen LogP) is -1.43. The number of nitrogens with one attached hydrogen (secondary N) is 4. The maximum atomic E-state index is 13.0. The minimum absolute atomic E-state index is 0.0717. The highest BCUT2D eigenvalue weighted by Crippen LogP contribution is 2.11. The van der Waals surface area contributed by atoms with Gasteiger partial charge >= 0.3 is 0 Å². The number of phenolic OH excluding ortho intramolecular Hbond substituents is 1. The van der Waals surface area contributed by atoms with Gasteiger partial charge in [0.05, 0.1) is 12.6 Å². The van der Waals surface area contributed by atoms with Crippen LogP contribution < -0.4 is 27.0 Å². The van der Waals surface area contributed by atoms with Gasteiger partial charge in [-0.15, -0.1) is 0 Å². The summed E-state index contributed by atoms with van der Waals surface area (Å²) in [7, 11) is 0. The molecule has 1 aliphatic heterocycles. The molecule has 2 aromatic carbocycles. The Morgan fingerprint density at radius 2 is 1.72 bits per heavy atom. The van der Waals surface area contributed by atoms with E-state index in [2.05, 4.69) is 21.3 Å². The lowest BCUT2D eigenvalue weighted by Gasteiger charge is -2.27. The summed E-state index contributed by atoms with van der Waals surface area (Å²) in [6.45, 7) is 0.832. The van der Waals surface area contributed by atoms with Crippen molar-refractivity contribution in [3.05, 3.63) is 65.7 Å². The monoisotopic (exact) mass is 538 g/mol. The van der Waals surface area contributed by atoms with Gasteiger partial charge in [-0.2, -0.15) is 0 Å². The molecule has 0 saturated carbocycles. The molecule has 2 aromatic rings. The van der Waals surface area contributed by atoms with Crippen molar-refractivity contribution in [2.45, 2.75) is 37.9 Å². The zero-order chi connectivity index (χ0) is 28.4. The van der Waals surface area contributed by atoms with E-state index in [9.17, 15) is 29.1 Å². The summed E-state index contributed by atoms with van der Waals surface area (Å²) < 4.78 is 0. The molecule has 1 heterocycles. The second-order valence-electron chi connectivity index (χ2n) is 9.32. The number of amides is 5. The fourth-order valence-electron chi connectivity index (χ4n) is 4.08. The van der Waals surface area contributed by atoms with Gasteiger partial charge in [0.1, 0.15) is 17.8 Å². The van der Waals surface area contributed by atoms with Crippen molar-refractivity contribution in [1.82, 2.24) is 26.2 Å². The van der Waals surface area contributed by atoms with E-state index in [1.165, 1.54) is 24.0 Å². The molecule has 1 fully saturated rings. The number of nitrogens with zero attached hydrogens (tertiary/aromatic N) is 1. The number of aromatic hydroxyl groups is 1. The molecule has 1 aliphatic rings. The summed E-state index contributed by atoms with van der Waals surface area (Å²) >= 11 is 0. The smallest absolute Gasteiger partial charge is 0.244 e. The van der Waals surface area contributed by atoms with Crippen LogP contribution in [0.1, 0.15) is 18.1 Å². The second kappa shape index (κ2) is 13.9. The van der Waals surface area contributed by atoms with Crippen LogP contribution in [-0.2, 0) is 36.8 Å². The van der Waals surface area contributed by atoms with E-state index in [0.29, 0.717) is 5.56 Å². The Hall–Kier alpha value is -4.45. The van der Waals surface area contributed by atoms with E-state index in [1.54, 1.807) is 12.1 Å². The molecule has 12 nitrogen and oxygen atoms in total.